The molecule has 0 amide bonds. The first-order valence-electron chi connectivity index (χ1n) is 6.54. The van der Waals surface area contributed by atoms with E-state index in [1.165, 1.54) is 12.1 Å². The second kappa shape index (κ2) is 6.86. The molecule has 3 heteroatoms. The van der Waals surface area contributed by atoms with Gasteiger partial charge in [0, 0.05) is 18.8 Å². The number of benzene rings is 1. The third-order valence-corrected chi connectivity index (χ3v) is 3.11. The van der Waals surface area contributed by atoms with E-state index in [1.54, 1.807) is 12.1 Å². The molecular weight excluding hydrogens is 229 g/mol. The lowest BCUT2D eigenvalue weighted by Gasteiger charge is -2.25. The van der Waals surface area contributed by atoms with Gasteiger partial charge in [0.25, 0.3) is 0 Å². The van der Waals surface area contributed by atoms with Crippen LogP contribution in [0.2, 0.25) is 0 Å². The van der Waals surface area contributed by atoms with Crippen molar-refractivity contribution >= 4 is 0 Å². The molecule has 0 radical (unpaired) electrons. The van der Waals surface area contributed by atoms with Crippen LogP contribution in [0.5, 0.6) is 0 Å². The Morgan fingerprint density at radius 2 is 1.83 bits per heavy atom. The molecule has 2 N–H and O–H groups in total. The molecule has 1 unspecified atom stereocenters. The largest absolute Gasteiger partial charge is 0.381 e. The molecule has 2 nitrogen and oxygen atoms in total. The van der Waals surface area contributed by atoms with E-state index in [0.717, 1.165) is 25.0 Å². The van der Waals surface area contributed by atoms with E-state index >= 15 is 0 Å². The highest BCUT2D eigenvalue weighted by molar-refractivity contribution is 5.23. The van der Waals surface area contributed by atoms with Crippen molar-refractivity contribution in [1.29, 1.82) is 0 Å². The van der Waals surface area contributed by atoms with E-state index in [-0.39, 0.29) is 5.82 Å². The van der Waals surface area contributed by atoms with E-state index in [0.29, 0.717) is 12.5 Å². The number of ether oxygens (including phenoxy) is 1. The first kappa shape index (κ1) is 15.1. The molecule has 1 atom stereocenters. The zero-order valence-corrected chi connectivity index (χ0v) is 11.6. The van der Waals surface area contributed by atoms with E-state index < -0.39 is 5.54 Å². The number of halogens is 1. The second-order valence-electron chi connectivity index (χ2n) is 5.47. The maximum absolute atomic E-state index is 12.8. The van der Waals surface area contributed by atoms with Gasteiger partial charge < -0.3 is 10.5 Å². The maximum Gasteiger partial charge on any atom is 0.123 e. The lowest BCUT2D eigenvalue weighted by molar-refractivity contribution is 0.107. The topological polar surface area (TPSA) is 35.2 Å². The number of rotatable bonds is 7. The average Bonchev–Trinajstić information content (AvgIpc) is 2.28. The molecule has 102 valence electrons. The van der Waals surface area contributed by atoms with Crippen molar-refractivity contribution in [3.05, 3.63) is 35.6 Å². The van der Waals surface area contributed by atoms with E-state index in [4.69, 9.17) is 10.5 Å². The smallest absolute Gasteiger partial charge is 0.123 e. The SMILES string of the molecule is CC(C)CCOCCC(C)(N)c1ccc(F)cc1. The summed E-state index contributed by atoms with van der Waals surface area (Å²) in [6, 6.07) is 6.37. The molecule has 0 aromatic heterocycles. The van der Waals surface area contributed by atoms with Crippen LogP contribution in [0, 0.1) is 11.7 Å². The minimum Gasteiger partial charge on any atom is -0.381 e. The van der Waals surface area contributed by atoms with Crippen molar-refractivity contribution in [2.24, 2.45) is 11.7 Å². The third kappa shape index (κ3) is 5.15. The van der Waals surface area contributed by atoms with Crippen molar-refractivity contribution < 1.29 is 9.13 Å². The fraction of sp³-hybridized carbons (Fsp3) is 0.600. The van der Waals surface area contributed by atoms with Crippen LogP contribution in [0.25, 0.3) is 0 Å². The van der Waals surface area contributed by atoms with Crippen LogP contribution in [-0.4, -0.2) is 13.2 Å². The Labute approximate surface area is 109 Å². The van der Waals surface area contributed by atoms with Gasteiger partial charge in [-0.3, -0.25) is 0 Å². The summed E-state index contributed by atoms with van der Waals surface area (Å²) in [4.78, 5) is 0. The zero-order valence-electron chi connectivity index (χ0n) is 11.6. The van der Waals surface area contributed by atoms with Crippen LogP contribution in [0.3, 0.4) is 0 Å². The first-order valence-corrected chi connectivity index (χ1v) is 6.54. The highest BCUT2D eigenvalue weighted by atomic mass is 19.1. The molecule has 0 aliphatic carbocycles. The van der Waals surface area contributed by atoms with Crippen LogP contribution in [-0.2, 0) is 10.3 Å². The van der Waals surface area contributed by atoms with E-state index in [9.17, 15) is 4.39 Å². The summed E-state index contributed by atoms with van der Waals surface area (Å²) >= 11 is 0. The Bertz CT molecular complexity index is 346. The summed E-state index contributed by atoms with van der Waals surface area (Å²) in [6.45, 7) is 7.71. The van der Waals surface area contributed by atoms with Crippen molar-refractivity contribution in [3.8, 4) is 0 Å². The molecule has 1 aromatic rings. The summed E-state index contributed by atoms with van der Waals surface area (Å²) in [5, 5.41) is 0. The Morgan fingerprint density at radius 3 is 2.39 bits per heavy atom. The van der Waals surface area contributed by atoms with Crippen LogP contribution >= 0.6 is 0 Å². The van der Waals surface area contributed by atoms with Gasteiger partial charge in [0.2, 0.25) is 0 Å². The van der Waals surface area contributed by atoms with Crippen LogP contribution < -0.4 is 5.73 Å². The Kier molecular flexibility index (Phi) is 5.76. The molecule has 18 heavy (non-hydrogen) atoms. The average molecular weight is 253 g/mol. The van der Waals surface area contributed by atoms with Crippen LogP contribution in [0.4, 0.5) is 4.39 Å². The minimum atomic E-state index is -0.467. The standard InChI is InChI=1S/C15H24FNO/c1-12(2)8-10-18-11-9-15(3,17)13-4-6-14(16)7-5-13/h4-7,12H,8-11,17H2,1-3H3. The van der Waals surface area contributed by atoms with Gasteiger partial charge in [-0.1, -0.05) is 26.0 Å². The van der Waals surface area contributed by atoms with E-state index in [1.807, 2.05) is 6.92 Å². The normalized spacial score (nSPS) is 14.8. The molecule has 0 saturated heterocycles. The van der Waals surface area contributed by atoms with Crippen molar-refractivity contribution in [3.63, 3.8) is 0 Å². The van der Waals surface area contributed by atoms with Gasteiger partial charge >= 0.3 is 0 Å². The summed E-state index contributed by atoms with van der Waals surface area (Å²) in [7, 11) is 0. The molecule has 0 fully saturated rings. The van der Waals surface area contributed by atoms with Gasteiger partial charge in [-0.15, -0.1) is 0 Å². The fourth-order valence-electron chi connectivity index (χ4n) is 1.68. The first-order chi connectivity index (χ1) is 8.42. The highest BCUT2D eigenvalue weighted by Gasteiger charge is 2.20. The summed E-state index contributed by atoms with van der Waals surface area (Å²) in [6.07, 6.45) is 1.80. The van der Waals surface area contributed by atoms with Crippen molar-refractivity contribution in [1.82, 2.24) is 0 Å². The maximum atomic E-state index is 12.8. The van der Waals surface area contributed by atoms with Gasteiger partial charge in [0.15, 0.2) is 0 Å². The molecule has 0 heterocycles. The third-order valence-electron chi connectivity index (χ3n) is 3.11. The highest BCUT2D eigenvalue weighted by Crippen LogP contribution is 2.21. The molecular formula is C15H24FNO. The molecule has 1 aromatic carbocycles. The van der Waals surface area contributed by atoms with Crippen molar-refractivity contribution in [2.45, 2.75) is 39.2 Å². The molecule has 0 aliphatic rings. The Balaban J connectivity index is 2.37. The number of nitrogens with two attached hydrogens (primary N) is 1. The molecule has 1 rings (SSSR count). The zero-order chi connectivity index (χ0) is 13.6. The van der Waals surface area contributed by atoms with Crippen molar-refractivity contribution in [2.75, 3.05) is 13.2 Å². The summed E-state index contributed by atoms with van der Waals surface area (Å²) in [5.74, 6) is 0.425. The van der Waals surface area contributed by atoms with Gasteiger partial charge in [0.1, 0.15) is 5.82 Å². The summed E-state index contributed by atoms with van der Waals surface area (Å²) in [5.41, 5.74) is 6.70. The second-order valence-corrected chi connectivity index (χ2v) is 5.47. The van der Waals surface area contributed by atoms with Gasteiger partial charge in [0.05, 0.1) is 0 Å². The molecule has 0 aliphatic heterocycles. The fourth-order valence-corrected chi connectivity index (χ4v) is 1.68. The van der Waals surface area contributed by atoms with E-state index in [2.05, 4.69) is 13.8 Å². The van der Waals surface area contributed by atoms with Crippen LogP contribution in [0.1, 0.15) is 39.2 Å². The molecule has 0 bridgehead atoms. The quantitative estimate of drug-likeness (QED) is 0.755. The summed E-state index contributed by atoms with van der Waals surface area (Å²) < 4.78 is 18.4. The predicted molar refractivity (Wildman–Crippen MR) is 72.8 cm³/mol. The molecule has 0 saturated carbocycles. The molecule has 0 spiro atoms. The Morgan fingerprint density at radius 1 is 1.22 bits per heavy atom. The monoisotopic (exact) mass is 253 g/mol. The number of hydrogen-bond acceptors (Lipinski definition) is 2. The lowest BCUT2D eigenvalue weighted by atomic mass is 9.90. The van der Waals surface area contributed by atoms with Gasteiger partial charge in [-0.05, 0) is 43.4 Å². The predicted octanol–water partition coefficient (Wildman–Crippen LogP) is 3.45. The number of hydrogen-bond donors (Lipinski definition) is 1. The van der Waals surface area contributed by atoms with Crippen LogP contribution in [0.15, 0.2) is 24.3 Å². The van der Waals surface area contributed by atoms with Gasteiger partial charge in [-0.25, -0.2) is 4.39 Å². The minimum absolute atomic E-state index is 0.234. The lowest BCUT2D eigenvalue weighted by Crippen LogP contribution is -2.34. The van der Waals surface area contributed by atoms with Gasteiger partial charge in [-0.2, -0.15) is 0 Å². The Hall–Kier alpha value is -0.930.